The first-order chi connectivity index (χ1) is 10.6. The summed E-state index contributed by atoms with van der Waals surface area (Å²) in [5.74, 6) is 1.50. The Labute approximate surface area is 141 Å². The number of carbonyl (C=O) groups is 1. The Kier molecular flexibility index (Phi) is 5.42. The number of amides is 1. The van der Waals surface area contributed by atoms with Crippen LogP contribution >= 0.6 is 22.6 Å². The Balaban J connectivity index is 2.12. The Hall–Kier alpha value is -2.03. The van der Waals surface area contributed by atoms with Gasteiger partial charge in [-0.25, -0.2) is 5.43 Å². The van der Waals surface area contributed by atoms with Crippen molar-refractivity contribution < 1.29 is 18.7 Å². The second kappa shape index (κ2) is 7.30. The van der Waals surface area contributed by atoms with E-state index < -0.39 is 0 Å². The lowest BCUT2D eigenvalue weighted by Crippen LogP contribution is -2.17. The third kappa shape index (κ3) is 3.59. The Morgan fingerprint density at radius 3 is 2.73 bits per heavy atom. The highest BCUT2D eigenvalue weighted by atomic mass is 127. The van der Waals surface area contributed by atoms with Gasteiger partial charge in [0.25, 0.3) is 5.91 Å². The van der Waals surface area contributed by atoms with Gasteiger partial charge in [0.05, 0.1) is 35.8 Å². The number of rotatable bonds is 5. The minimum absolute atomic E-state index is 0.322. The van der Waals surface area contributed by atoms with Crippen LogP contribution in [0.15, 0.2) is 34.0 Å². The minimum atomic E-state index is -0.322. The first-order valence-electron chi connectivity index (χ1n) is 6.35. The summed E-state index contributed by atoms with van der Waals surface area (Å²) >= 11 is 2.15. The lowest BCUT2D eigenvalue weighted by atomic mass is 10.2. The molecule has 0 spiro atoms. The van der Waals surface area contributed by atoms with Gasteiger partial charge in [-0.3, -0.25) is 4.79 Å². The average Bonchev–Trinajstić information content (AvgIpc) is 2.92. The molecular formula is C15H15IN2O4. The number of methoxy groups -OCH3 is 2. The molecule has 0 bridgehead atoms. The topological polar surface area (TPSA) is 73.1 Å². The number of halogens is 1. The van der Waals surface area contributed by atoms with Gasteiger partial charge in [-0.2, -0.15) is 5.10 Å². The highest BCUT2D eigenvalue weighted by Gasteiger charge is 2.11. The van der Waals surface area contributed by atoms with Crippen LogP contribution in [0.2, 0.25) is 0 Å². The first kappa shape index (κ1) is 16.3. The van der Waals surface area contributed by atoms with Crippen molar-refractivity contribution >= 4 is 34.7 Å². The summed E-state index contributed by atoms with van der Waals surface area (Å²) in [6.45, 7) is 1.72. The van der Waals surface area contributed by atoms with E-state index in [1.165, 1.54) is 12.5 Å². The average molecular weight is 414 g/mol. The molecule has 0 radical (unpaired) electrons. The quantitative estimate of drug-likeness (QED) is 0.464. The second-order valence-corrected chi connectivity index (χ2v) is 5.49. The zero-order valence-electron chi connectivity index (χ0n) is 12.3. The molecule has 0 aliphatic heterocycles. The van der Waals surface area contributed by atoms with Crippen LogP contribution in [0.3, 0.4) is 0 Å². The van der Waals surface area contributed by atoms with Crippen molar-refractivity contribution in [3.05, 3.63) is 44.9 Å². The van der Waals surface area contributed by atoms with Crippen LogP contribution in [0.5, 0.6) is 11.5 Å². The smallest absolute Gasteiger partial charge is 0.274 e. The van der Waals surface area contributed by atoms with E-state index >= 15 is 0 Å². The van der Waals surface area contributed by atoms with Crippen LogP contribution in [-0.4, -0.2) is 26.3 Å². The molecule has 0 saturated carbocycles. The van der Waals surface area contributed by atoms with Gasteiger partial charge in [0, 0.05) is 0 Å². The molecule has 2 aromatic rings. The van der Waals surface area contributed by atoms with Gasteiger partial charge in [0.15, 0.2) is 11.5 Å². The molecule has 1 aromatic heterocycles. The normalized spacial score (nSPS) is 10.7. The number of hydrogen-bond donors (Lipinski definition) is 1. The molecule has 0 aliphatic carbocycles. The standard InChI is InChI=1S/C15H15IN2O4/c1-9-11(4-5-22-9)15(19)18-17-8-10-6-12(16)14(21-3)13(7-10)20-2/h4-8H,1-3H3,(H,18,19). The molecule has 2 rings (SSSR count). The molecule has 0 unspecified atom stereocenters. The summed E-state index contributed by atoms with van der Waals surface area (Å²) in [7, 11) is 3.15. The molecule has 0 atom stereocenters. The first-order valence-corrected chi connectivity index (χ1v) is 7.43. The zero-order valence-corrected chi connectivity index (χ0v) is 14.5. The summed E-state index contributed by atoms with van der Waals surface area (Å²) < 4.78 is 16.5. The molecule has 1 N–H and O–H groups in total. The fourth-order valence-electron chi connectivity index (χ4n) is 1.86. The Morgan fingerprint density at radius 2 is 2.14 bits per heavy atom. The number of nitrogens with zero attached hydrogens (tertiary/aromatic N) is 1. The third-order valence-electron chi connectivity index (χ3n) is 2.94. The van der Waals surface area contributed by atoms with E-state index in [-0.39, 0.29) is 5.91 Å². The van der Waals surface area contributed by atoms with E-state index in [0.29, 0.717) is 22.8 Å². The fourth-order valence-corrected chi connectivity index (χ4v) is 2.70. The van der Waals surface area contributed by atoms with Crippen molar-refractivity contribution in [2.24, 2.45) is 5.10 Å². The highest BCUT2D eigenvalue weighted by Crippen LogP contribution is 2.32. The van der Waals surface area contributed by atoms with E-state index in [0.717, 1.165) is 9.13 Å². The van der Waals surface area contributed by atoms with Crippen LogP contribution in [0.25, 0.3) is 0 Å². The number of aryl methyl sites for hydroxylation is 1. The highest BCUT2D eigenvalue weighted by molar-refractivity contribution is 14.1. The van der Waals surface area contributed by atoms with Crippen LogP contribution in [0.1, 0.15) is 21.7 Å². The number of carbonyl (C=O) groups excluding carboxylic acids is 1. The van der Waals surface area contributed by atoms with Crippen molar-refractivity contribution in [3.8, 4) is 11.5 Å². The van der Waals surface area contributed by atoms with Gasteiger partial charge < -0.3 is 13.9 Å². The molecule has 22 heavy (non-hydrogen) atoms. The molecular weight excluding hydrogens is 399 g/mol. The number of nitrogens with one attached hydrogen (secondary N) is 1. The molecule has 1 amide bonds. The number of benzene rings is 1. The summed E-state index contributed by atoms with van der Waals surface area (Å²) in [6, 6.07) is 5.25. The number of furan rings is 1. The Morgan fingerprint density at radius 1 is 1.36 bits per heavy atom. The maximum atomic E-state index is 11.9. The molecule has 116 valence electrons. The SMILES string of the molecule is COc1cc(C=NNC(=O)c2ccoc2C)cc(I)c1OC. The van der Waals surface area contributed by atoms with Crippen LogP contribution in [0.4, 0.5) is 0 Å². The van der Waals surface area contributed by atoms with Crippen LogP contribution < -0.4 is 14.9 Å². The van der Waals surface area contributed by atoms with Gasteiger partial charge in [-0.1, -0.05) is 0 Å². The molecule has 6 nitrogen and oxygen atoms in total. The maximum absolute atomic E-state index is 11.9. The van der Waals surface area contributed by atoms with E-state index in [1.807, 2.05) is 6.07 Å². The minimum Gasteiger partial charge on any atom is -0.493 e. The maximum Gasteiger partial charge on any atom is 0.274 e. The summed E-state index contributed by atoms with van der Waals surface area (Å²) in [4.78, 5) is 11.9. The number of ether oxygens (including phenoxy) is 2. The molecule has 1 heterocycles. The van der Waals surface area contributed by atoms with E-state index in [2.05, 4.69) is 33.1 Å². The van der Waals surface area contributed by atoms with Crippen molar-refractivity contribution in [1.82, 2.24) is 5.43 Å². The predicted octanol–water partition coefficient (Wildman–Crippen LogP) is 2.97. The Bertz CT molecular complexity index is 710. The molecule has 0 fully saturated rings. The van der Waals surface area contributed by atoms with Gasteiger partial charge in [-0.15, -0.1) is 0 Å². The van der Waals surface area contributed by atoms with Gasteiger partial charge in [0.2, 0.25) is 0 Å². The van der Waals surface area contributed by atoms with Crippen LogP contribution in [-0.2, 0) is 0 Å². The van der Waals surface area contributed by atoms with E-state index in [4.69, 9.17) is 13.9 Å². The molecule has 7 heteroatoms. The van der Waals surface area contributed by atoms with E-state index in [1.54, 1.807) is 33.3 Å². The monoisotopic (exact) mass is 414 g/mol. The van der Waals surface area contributed by atoms with Crippen molar-refractivity contribution in [2.75, 3.05) is 14.2 Å². The van der Waals surface area contributed by atoms with Gasteiger partial charge >= 0.3 is 0 Å². The predicted molar refractivity (Wildman–Crippen MR) is 90.8 cm³/mol. The zero-order chi connectivity index (χ0) is 16.1. The molecule has 0 saturated heterocycles. The van der Waals surface area contributed by atoms with Gasteiger partial charge in [0.1, 0.15) is 5.76 Å². The molecule has 1 aromatic carbocycles. The van der Waals surface area contributed by atoms with E-state index in [9.17, 15) is 4.79 Å². The summed E-state index contributed by atoms with van der Waals surface area (Å²) in [6.07, 6.45) is 3.00. The van der Waals surface area contributed by atoms with Crippen molar-refractivity contribution in [1.29, 1.82) is 0 Å². The fraction of sp³-hybridized carbons (Fsp3) is 0.200. The second-order valence-electron chi connectivity index (χ2n) is 4.33. The number of hydrazone groups is 1. The van der Waals surface area contributed by atoms with Crippen LogP contribution in [0, 0.1) is 10.5 Å². The lowest BCUT2D eigenvalue weighted by Gasteiger charge is -2.10. The molecule has 0 aliphatic rings. The summed E-state index contributed by atoms with van der Waals surface area (Å²) in [5, 5.41) is 3.94. The van der Waals surface area contributed by atoms with Gasteiger partial charge in [-0.05, 0) is 53.3 Å². The summed E-state index contributed by atoms with van der Waals surface area (Å²) in [5.41, 5.74) is 3.70. The van der Waals surface area contributed by atoms with Crippen molar-refractivity contribution in [2.45, 2.75) is 6.92 Å². The largest absolute Gasteiger partial charge is 0.493 e. The third-order valence-corrected chi connectivity index (χ3v) is 3.74. The lowest BCUT2D eigenvalue weighted by molar-refractivity contribution is 0.0953. The number of hydrogen-bond acceptors (Lipinski definition) is 5. The van der Waals surface area contributed by atoms with Crippen molar-refractivity contribution in [3.63, 3.8) is 0 Å².